The Kier molecular flexibility index (Phi) is 6.54. The summed E-state index contributed by atoms with van der Waals surface area (Å²) in [5.41, 5.74) is 2.00. The summed E-state index contributed by atoms with van der Waals surface area (Å²) in [5.74, 6) is 1.63. The number of para-hydroxylation sites is 2. The van der Waals surface area contributed by atoms with Gasteiger partial charge in [-0.1, -0.05) is 41.9 Å². The fourth-order valence-electron chi connectivity index (χ4n) is 3.53. The highest BCUT2D eigenvalue weighted by molar-refractivity contribution is 6.32. The number of aromatic nitrogens is 2. The summed E-state index contributed by atoms with van der Waals surface area (Å²) in [4.78, 5) is 14.3. The smallest absolute Gasteiger partial charge is 0.260 e. The second-order valence-corrected chi connectivity index (χ2v) is 7.68. The van der Waals surface area contributed by atoms with Gasteiger partial charge >= 0.3 is 0 Å². The van der Waals surface area contributed by atoms with Crippen LogP contribution in [0.5, 0.6) is 11.5 Å². The molecule has 1 aromatic heterocycles. The number of carbonyl (C=O) groups is 1. The van der Waals surface area contributed by atoms with Crippen LogP contribution in [-0.2, 0) is 11.2 Å². The maximum absolute atomic E-state index is 12.4. The molecule has 0 radical (unpaired) electrons. The topological polar surface area (TPSA) is 67.4 Å². The summed E-state index contributed by atoms with van der Waals surface area (Å²) in [5, 5.41) is 8.14. The Morgan fingerprint density at radius 3 is 2.77 bits per heavy atom. The van der Waals surface area contributed by atoms with Crippen LogP contribution in [-0.4, -0.2) is 47.3 Å². The lowest BCUT2D eigenvalue weighted by atomic mass is 10.0. The van der Waals surface area contributed by atoms with E-state index in [4.69, 9.17) is 21.1 Å². The van der Waals surface area contributed by atoms with Crippen LogP contribution in [0.3, 0.4) is 0 Å². The molecule has 1 atom stereocenters. The van der Waals surface area contributed by atoms with E-state index >= 15 is 0 Å². The highest BCUT2D eigenvalue weighted by Gasteiger charge is 2.29. The van der Waals surface area contributed by atoms with Gasteiger partial charge in [-0.2, -0.15) is 5.10 Å². The van der Waals surface area contributed by atoms with Crippen molar-refractivity contribution in [3.63, 3.8) is 0 Å². The summed E-state index contributed by atoms with van der Waals surface area (Å²) in [7, 11) is 0. The second kappa shape index (κ2) is 9.67. The van der Waals surface area contributed by atoms with E-state index in [-0.39, 0.29) is 18.4 Å². The van der Waals surface area contributed by atoms with Gasteiger partial charge in [0.1, 0.15) is 11.5 Å². The first kappa shape index (κ1) is 20.3. The predicted molar refractivity (Wildman–Crippen MR) is 115 cm³/mol. The number of rotatable bonds is 8. The highest BCUT2D eigenvalue weighted by Crippen LogP contribution is 2.27. The van der Waals surface area contributed by atoms with Crippen molar-refractivity contribution in [2.75, 3.05) is 26.3 Å². The lowest BCUT2D eigenvalue weighted by Crippen LogP contribution is -2.32. The molecule has 0 saturated carbocycles. The molecule has 0 spiro atoms. The van der Waals surface area contributed by atoms with E-state index in [1.165, 1.54) is 0 Å². The zero-order chi connectivity index (χ0) is 20.8. The number of halogens is 1. The number of aromatic amines is 1. The Morgan fingerprint density at radius 1 is 1.13 bits per heavy atom. The van der Waals surface area contributed by atoms with Crippen molar-refractivity contribution in [3.8, 4) is 11.5 Å². The van der Waals surface area contributed by atoms with Gasteiger partial charge in [0.05, 0.1) is 17.3 Å². The first-order valence-corrected chi connectivity index (χ1v) is 10.4. The number of H-pyrrole nitrogens is 1. The number of hydrogen-bond donors (Lipinski definition) is 1. The summed E-state index contributed by atoms with van der Waals surface area (Å²) in [6.45, 7) is 1.95. The number of nitrogens with one attached hydrogen (secondary N) is 1. The maximum atomic E-state index is 12.4. The zero-order valence-electron chi connectivity index (χ0n) is 16.6. The van der Waals surface area contributed by atoms with Gasteiger partial charge in [-0.15, -0.1) is 0 Å². The Labute approximate surface area is 180 Å². The second-order valence-electron chi connectivity index (χ2n) is 7.27. The summed E-state index contributed by atoms with van der Waals surface area (Å²) in [6, 6.07) is 18.9. The molecule has 7 heteroatoms. The number of hydrogen-bond acceptors (Lipinski definition) is 4. The van der Waals surface area contributed by atoms with Crippen molar-refractivity contribution in [2.24, 2.45) is 0 Å². The predicted octanol–water partition coefficient (Wildman–Crippen LogP) is 4.08. The lowest BCUT2D eigenvalue weighted by Gasteiger charge is -2.16. The van der Waals surface area contributed by atoms with Crippen molar-refractivity contribution < 1.29 is 14.3 Å². The fourth-order valence-corrected chi connectivity index (χ4v) is 3.72. The fraction of sp³-hybridized carbons (Fsp3) is 0.304. The molecule has 1 unspecified atom stereocenters. The zero-order valence-corrected chi connectivity index (χ0v) is 17.3. The van der Waals surface area contributed by atoms with Crippen molar-refractivity contribution >= 4 is 17.5 Å². The third kappa shape index (κ3) is 5.13. The highest BCUT2D eigenvalue weighted by atomic mass is 35.5. The first-order chi connectivity index (χ1) is 14.7. The molecular weight excluding hydrogens is 402 g/mol. The molecule has 2 aromatic carbocycles. The van der Waals surface area contributed by atoms with E-state index in [1.807, 2.05) is 59.5 Å². The first-order valence-electron chi connectivity index (χ1n) is 10.1. The Balaban J connectivity index is 1.24. The molecule has 1 amide bonds. The van der Waals surface area contributed by atoms with Gasteiger partial charge in [0.2, 0.25) is 0 Å². The van der Waals surface area contributed by atoms with Crippen LogP contribution in [0.15, 0.2) is 60.7 Å². The molecule has 3 aromatic rings. The number of ether oxygens (including phenoxy) is 2. The van der Waals surface area contributed by atoms with E-state index in [2.05, 4.69) is 16.3 Å². The minimum absolute atomic E-state index is 0.00486. The average Bonchev–Trinajstić information content (AvgIpc) is 3.44. The van der Waals surface area contributed by atoms with Crippen LogP contribution in [0.2, 0.25) is 5.02 Å². The molecule has 0 aliphatic carbocycles. The molecule has 4 rings (SSSR count). The summed E-state index contributed by atoms with van der Waals surface area (Å²) in [6.07, 6.45) is 1.61. The Hall–Kier alpha value is -2.99. The van der Waals surface area contributed by atoms with Crippen LogP contribution in [0.25, 0.3) is 0 Å². The van der Waals surface area contributed by atoms with Crippen LogP contribution in [0.4, 0.5) is 0 Å². The molecule has 1 fully saturated rings. The molecule has 6 nitrogen and oxygen atoms in total. The number of nitrogens with zero attached hydrogens (tertiary/aromatic N) is 2. The van der Waals surface area contributed by atoms with E-state index in [0.29, 0.717) is 36.1 Å². The molecule has 1 saturated heterocycles. The SMILES string of the molecule is O=C(COc1ccccc1)N1CCC(c2cc(CCOc3ccccc3Cl)[nH]n2)C1. The lowest BCUT2D eigenvalue weighted by molar-refractivity contribution is -0.132. The van der Waals surface area contributed by atoms with Gasteiger partial charge in [-0.05, 0) is 36.8 Å². The van der Waals surface area contributed by atoms with Crippen LogP contribution in [0, 0.1) is 0 Å². The Morgan fingerprint density at radius 2 is 1.93 bits per heavy atom. The minimum Gasteiger partial charge on any atom is -0.492 e. The molecule has 1 aliphatic rings. The summed E-state index contributed by atoms with van der Waals surface area (Å²) < 4.78 is 11.3. The van der Waals surface area contributed by atoms with Gasteiger partial charge in [0.15, 0.2) is 6.61 Å². The average molecular weight is 426 g/mol. The van der Waals surface area contributed by atoms with E-state index in [1.54, 1.807) is 0 Å². The van der Waals surface area contributed by atoms with Gasteiger partial charge in [-0.25, -0.2) is 0 Å². The molecule has 1 N–H and O–H groups in total. The maximum Gasteiger partial charge on any atom is 0.260 e. The van der Waals surface area contributed by atoms with E-state index in [0.717, 1.165) is 24.4 Å². The van der Waals surface area contributed by atoms with Gasteiger partial charge in [0.25, 0.3) is 5.91 Å². The molecule has 156 valence electrons. The minimum atomic E-state index is 0.00486. The van der Waals surface area contributed by atoms with Crippen molar-refractivity contribution in [1.29, 1.82) is 0 Å². The molecule has 2 heterocycles. The standard InChI is InChI=1S/C23H24ClN3O3/c24-20-8-4-5-9-22(20)29-13-11-18-14-21(26-25-18)17-10-12-27(15-17)23(28)16-30-19-6-2-1-3-7-19/h1-9,14,17H,10-13,15-16H2,(H,25,26). The van der Waals surface area contributed by atoms with E-state index in [9.17, 15) is 4.79 Å². The van der Waals surface area contributed by atoms with Crippen molar-refractivity contribution in [2.45, 2.75) is 18.8 Å². The van der Waals surface area contributed by atoms with Crippen molar-refractivity contribution in [1.82, 2.24) is 15.1 Å². The van der Waals surface area contributed by atoms with Gasteiger partial charge in [0, 0.05) is 31.1 Å². The monoisotopic (exact) mass is 425 g/mol. The van der Waals surface area contributed by atoms with Gasteiger partial charge in [-0.3, -0.25) is 9.89 Å². The number of carbonyl (C=O) groups excluding carboxylic acids is 1. The van der Waals surface area contributed by atoms with E-state index < -0.39 is 0 Å². The third-order valence-electron chi connectivity index (χ3n) is 5.18. The molecular formula is C23H24ClN3O3. The quantitative estimate of drug-likeness (QED) is 0.590. The van der Waals surface area contributed by atoms with Crippen LogP contribution < -0.4 is 9.47 Å². The Bertz CT molecular complexity index is 977. The number of likely N-dealkylation sites (tertiary alicyclic amines) is 1. The molecule has 0 bridgehead atoms. The van der Waals surface area contributed by atoms with Crippen LogP contribution in [0.1, 0.15) is 23.7 Å². The largest absolute Gasteiger partial charge is 0.492 e. The van der Waals surface area contributed by atoms with Crippen molar-refractivity contribution in [3.05, 3.63) is 77.1 Å². The van der Waals surface area contributed by atoms with Gasteiger partial charge < -0.3 is 14.4 Å². The third-order valence-corrected chi connectivity index (χ3v) is 5.49. The molecule has 30 heavy (non-hydrogen) atoms. The number of amides is 1. The normalized spacial score (nSPS) is 15.9. The molecule has 1 aliphatic heterocycles. The summed E-state index contributed by atoms with van der Waals surface area (Å²) >= 11 is 6.11. The number of benzene rings is 2. The van der Waals surface area contributed by atoms with Crippen LogP contribution >= 0.6 is 11.6 Å².